The molecule has 1 rings (SSSR count). The Morgan fingerprint density at radius 1 is 1.14 bits per heavy atom. The number of benzene rings is 1. The Labute approximate surface area is 125 Å². The van der Waals surface area contributed by atoms with E-state index in [1.807, 2.05) is 12.1 Å². The standard InChI is InChI=1S/C17H26F3N/c1-3-13-21-16(9-6-12-17(18,19)20)11-10-15-8-5-4-7-14(15)2/h4-5,7-8,16,21H,3,6,9-13H2,1-2H3. The van der Waals surface area contributed by atoms with Crippen molar-refractivity contribution in [2.75, 3.05) is 6.54 Å². The minimum atomic E-state index is -4.04. The molecule has 0 fully saturated rings. The fourth-order valence-corrected chi connectivity index (χ4v) is 2.47. The van der Waals surface area contributed by atoms with Crippen LogP contribution >= 0.6 is 0 Å². The normalized spacial score (nSPS) is 13.4. The minimum absolute atomic E-state index is 0.173. The van der Waals surface area contributed by atoms with Gasteiger partial charge in [-0.3, -0.25) is 0 Å². The molecule has 0 amide bonds. The van der Waals surface area contributed by atoms with Crippen LogP contribution in [0.25, 0.3) is 0 Å². The lowest BCUT2D eigenvalue weighted by Crippen LogP contribution is -2.30. The molecule has 1 aromatic carbocycles. The maximum atomic E-state index is 12.2. The van der Waals surface area contributed by atoms with Crippen molar-refractivity contribution < 1.29 is 13.2 Å². The molecule has 0 saturated carbocycles. The van der Waals surface area contributed by atoms with Gasteiger partial charge in [0.05, 0.1) is 0 Å². The largest absolute Gasteiger partial charge is 0.389 e. The van der Waals surface area contributed by atoms with E-state index < -0.39 is 12.6 Å². The van der Waals surface area contributed by atoms with Crippen LogP contribution < -0.4 is 5.32 Å². The van der Waals surface area contributed by atoms with Crippen LogP contribution in [0, 0.1) is 6.92 Å². The molecule has 1 unspecified atom stereocenters. The monoisotopic (exact) mass is 301 g/mol. The van der Waals surface area contributed by atoms with Gasteiger partial charge in [0.2, 0.25) is 0 Å². The summed E-state index contributed by atoms with van der Waals surface area (Å²) in [5.74, 6) is 0. The van der Waals surface area contributed by atoms with Crippen molar-refractivity contribution in [3.8, 4) is 0 Å². The molecule has 0 saturated heterocycles. The van der Waals surface area contributed by atoms with E-state index in [1.54, 1.807) is 0 Å². The molecule has 0 heterocycles. The first-order valence-electron chi connectivity index (χ1n) is 7.77. The molecule has 1 nitrogen and oxygen atoms in total. The molecule has 1 atom stereocenters. The SMILES string of the molecule is CCCNC(CCCC(F)(F)F)CCc1ccccc1C. The average Bonchev–Trinajstić information content (AvgIpc) is 2.41. The van der Waals surface area contributed by atoms with Crippen molar-refractivity contribution in [2.45, 2.75) is 64.6 Å². The lowest BCUT2D eigenvalue weighted by molar-refractivity contribution is -0.135. The van der Waals surface area contributed by atoms with Crippen LogP contribution in [-0.4, -0.2) is 18.8 Å². The number of alkyl halides is 3. The maximum Gasteiger partial charge on any atom is 0.389 e. The summed E-state index contributed by atoms with van der Waals surface area (Å²) in [6.45, 7) is 5.01. The number of halogens is 3. The van der Waals surface area contributed by atoms with E-state index in [-0.39, 0.29) is 12.5 Å². The number of aryl methyl sites for hydroxylation is 2. The average molecular weight is 301 g/mol. The third-order valence-corrected chi connectivity index (χ3v) is 3.72. The van der Waals surface area contributed by atoms with Crippen LogP contribution in [0.3, 0.4) is 0 Å². The number of hydrogen-bond acceptors (Lipinski definition) is 1. The van der Waals surface area contributed by atoms with Crippen molar-refractivity contribution in [3.05, 3.63) is 35.4 Å². The summed E-state index contributed by atoms with van der Waals surface area (Å²) >= 11 is 0. The first-order chi connectivity index (χ1) is 9.92. The quantitative estimate of drug-likeness (QED) is 0.674. The van der Waals surface area contributed by atoms with Gasteiger partial charge in [0.25, 0.3) is 0 Å². The summed E-state index contributed by atoms with van der Waals surface area (Å²) in [6, 6.07) is 8.37. The molecule has 1 N–H and O–H groups in total. The molecule has 0 spiro atoms. The molecule has 4 heteroatoms. The zero-order valence-electron chi connectivity index (χ0n) is 13.0. The Balaban J connectivity index is 2.44. The van der Waals surface area contributed by atoms with Gasteiger partial charge in [-0.25, -0.2) is 0 Å². The first kappa shape index (κ1) is 18.0. The van der Waals surface area contributed by atoms with Crippen LogP contribution in [0.1, 0.15) is 50.2 Å². The Hall–Kier alpha value is -1.03. The summed E-state index contributed by atoms with van der Waals surface area (Å²) < 4.78 is 36.7. The second kappa shape index (κ2) is 9.08. The molecule has 120 valence electrons. The van der Waals surface area contributed by atoms with E-state index in [0.717, 1.165) is 25.8 Å². The highest BCUT2D eigenvalue weighted by Crippen LogP contribution is 2.23. The van der Waals surface area contributed by atoms with Crippen molar-refractivity contribution in [1.29, 1.82) is 0 Å². The molecule has 0 aliphatic rings. The van der Waals surface area contributed by atoms with E-state index in [9.17, 15) is 13.2 Å². The van der Waals surface area contributed by atoms with Crippen molar-refractivity contribution >= 4 is 0 Å². The van der Waals surface area contributed by atoms with Gasteiger partial charge >= 0.3 is 6.18 Å². The third-order valence-electron chi connectivity index (χ3n) is 3.72. The van der Waals surface area contributed by atoms with E-state index in [2.05, 4.69) is 31.3 Å². The molecule has 0 radical (unpaired) electrons. The summed E-state index contributed by atoms with van der Waals surface area (Å²) in [5, 5.41) is 3.38. The molecule has 21 heavy (non-hydrogen) atoms. The van der Waals surface area contributed by atoms with Gasteiger partial charge in [0.1, 0.15) is 0 Å². The number of hydrogen-bond donors (Lipinski definition) is 1. The predicted molar refractivity (Wildman–Crippen MR) is 81.5 cm³/mol. The summed E-state index contributed by atoms with van der Waals surface area (Å²) in [6.07, 6.45) is -1.11. The van der Waals surface area contributed by atoms with Crippen molar-refractivity contribution in [1.82, 2.24) is 5.32 Å². The van der Waals surface area contributed by atoms with E-state index in [1.165, 1.54) is 11.1 Å². The smallest absolute Gasteiger partial charge is 0.314 e. The Kier molecular flexibility index (Phi) is 7.79. The summed E-state index contributed by atoms with van der Waals surface area (Å²) in [4.78, 5) is 0. The minimum Gasteiger partial charge on any atom is -0.314 e. The van der Waals surface area contributed by atoms with Crippen LogP contribution in [0.2, 0.25) is 0 Å². The highest BCUT2D eigenvalue weighted by atomic mass is 19.4. The van der Waals surface area contributed by atoms with Gasteiger partial charge in [-0.1, -0.05) is 31.2 Å². The van der Waals surface area contributed by atoms with Crippen LogP contribution in [0.4, 0.5) is 13.2 Å². The van der Waals surface area contributed by atoms with Crippen LogP contribution in [-0.2, 0) is 6.42 Å². The third kappa shape index (κ3) is 8.10. The fourth-order valence-electron chi connectivity index (χ4n) is 2.47. The molecular formula is C17H26F3N. The molecule has 1 aromatic rings. The summed E-state index contributed by atoms with van der Waals surface area (Å²) in [5.41, 5.74) is 2.54. The number of nitrogens with one attached hydrogen (secondary N) is 1. The Bertz CT molecular complexity index is 401. The van der Waals surface area contributed by atoms with Gasteiger partial charge in [0, 0.05) is 12.5 Å². The van der Waals surface area contributed by atoms with Gasteiger partial charge < -0.3 is 5.32 Å². The molecule has 0 aliphatic heterocycles. The highest BCUT2D eigenvalue weighted by Gasteiger charge is 2.26. The van der Waals surface area contributed by atoms with E-state index in [4.69, 9.17) is 0 Å². The second-order valence-electron chi connectivity index (χ2n) is 5.62. The molecule has 0 aliphatic carbocycles. The topological polar surface area (TPSA) is 12.0 Å². The Morgan fingerprint density at radius 2 is 1.86 bits per heavy atom. The first-order valence-corrected chi connectivity index (χ1v) is 7.77. The fraction of sp³-hybridized carbons (Fsp3) is 0.647. The number of rotatable bonds is 9. The summed E-state index contributed by atoms with van der Waals surface area (Å²) in [7, 11) is 0. The van der Waals surface area contributed by atoms with E-state index >= 15 is 0 Å². The second-order valence-corrected chi connectivity index (χ2v) is 5.62. The Morgan fingerprint density at radius 3 is 2.48 bits per heavy atom. The van der Waals surface area contributed by atoms with Gasteiger partial charge in [0.15, 0.2) is 0 Å². The highest BCUT2D eigenvalue weighted by molar-refractivity contribution is 5.25. The van der Waals surface area contributed by atoms with Crippen LogP contribution in [0.5, 0.6) is 0 Å². The predicted octanol–water partition coefficient (Wildman–Crippen LogP) is 5.03. The van der Waals surface area contributed by atoms with Gasteiger partial charge in [-0.15, -0.1) is 0 Å². The lowest BCUT2D eigenvalue weighted by Gasteiger charge is -2.19. The van der Waals surface area contributed by atoms with Gasteiger partial charge in [-0.05, 0) is 56.7 Å². The maximum absolute atomic E-state index is 12.2. The zero-order chi connectivity index (χ0) is 15.7. The van der Waals surface area contributed by atoms with E-state index in [0.29, 0.717) is 6.42 Å². The van der Waals surface area contributed by atoms with Crippen molar-refractivity contribution in [2.24, 2.45) is 0 Å². The molecule has 0 bridgehead atoms. The van der Waals surface area contributed by atoms with Crippen LogP contribution in [0.15, 0.2) is 24.3 Å². The molecular weight excluding hydrogens is 275 g/mol. The van der Waals surface area contributed by atoms with Gasteiger partial charge in [-0.2, -0.15) is 13.2 Å². The lowest BCUT2D eigenvalue weighted by atomic mass is 9.98. The van der Waals surface area contributed by atoms with Crippen molar-refractivity contribution in [3.63, 3.8) is 0 Å². The molecule has 0 aromatic heterocycles. The zero-order valence-corrected chi connectivity index (χ0v) is 13.0.